The SMILES string of the molecule is CC(C)CCCC(C)NC(C)c1c(Cl)ccc(F)c1Cl. The van der Waals surface area contributed by atoms with Crippen LogP contribution < -0.4 is 5.32 Å². The molecule has 0 amide bonds. The number of rotatable bonds is 7. The lowest BCUT2D eigenvalue weighted by molar-refractivity contribution is 0.423. The second-order valence-electron chi connectivity index (χ2n) is 5.87. The van der Waals surface area contributed by atoms with Crippen LogP contribution >= 0.6 is 23.2 Å². The molecule has 0 heterocycles. The Hall–Kier alpha value is -0.310. The van der Waals surface area contributed by atoms with E-state index in [-0.39, 0.29) is 11.1 Å². The minimum Gasteiger partial charge on any atom is -0.308 e. The van der Waals surface area contributed by atoms with Gasteiger partial charge in [0.05, 0.1) is 5.02 Å². The van der Waals surface area contributed by atoms with Gasteiger partial charge in [-0.3, -0.25) is 0 Å². The highest BCUT2D eigenvalue weighted by Gasteiger charge is 2.18. The van der Waals surface area contributed by atoms with Crippen molar-refractivity contribution in [2.45, 2.75) is 59.0 Å². The molecule has 2 atom stereocenters. The van der Waals surface area contributed by atoms with E-state index in [9.17, 15) is 4.39 Å². The Bertz CT molecular complexity index is 435. The van der Waals surface area contributed by atoms with Gasteiger partial charge in [0.25, 0.3) is 0 Å². The average Bonchev–Trinajstić information content (AvgIpc) is 2.33. The summed E-state index contributed by atoms with van der Waals surface area (Å²) in [4.78, 5) is 0. The van der Waals surface area contributed by atoms with Crippen LogP contribution in [0.3, 0.4) is 0 Å². The summed E-state index contributed by atoms with van der Waals surface area (Å²) < 4.78 is 13.5. The minimum absolute atomic E-state index is 0.0697. The van der Waals surface area contributed by atoms with Gasteiger partial charge in [-0.15, -0.1) is 0 Å². The van der Waals surface area contributed by atoms with Gasteiger partial charge in [-0.1, -0.05) is 49.9 Å². The lowest BCUT2D eigenvalue weighted by Crippen LogP contribution is -2.29. The van der Waals surface area contributed by atoms with E-state index in [1.807, 2.05) is 6.92 Å². The van der Waals surface area contributed by atoms with Crippen LogP contribution in [-0.4, -0.2) is 6.04 Å². The summed E-state index contributed by atoms with van der Waals surface area (Å²) in [6.45, 7) is 8.56. The zero-order chi connectivity index (χ0) is 15.3. The van der Waals surface area contributed by atoms with Crippen LogP contribution in [0.2, 0.25) is 10.0 Å². The third-order valence-electron chi connectivity index (χ3n) is 3.47. The first-order valence-corrected chi connectivity index (χ1v) is 7.98. The first kappa shape index (κ1) is 17.7. The first-order chi connectivity index (χ1) is 9.32. The summed E-state index contributed by atoms with van der Waals surface area (Å²) in [6.07, 6.45) is 3.50. The van der Waals surface area contributed by atoms with Gasteiger partial charge in [0.2, 0.25) is 0 Å². The maximum absolute atomic E-state index is 13.5. The molecule has 0 aliphatic rings. The highest BCUT2D eigenvalue weighted by atomic mass is 35.5. The molecule has 0 aromatic heterocycles. The van der Waals surface area contributed by atoms with Gasteiger partial charge in [-0.05, 0) is 38.3 Å². The van der Waals surface area contributed by atoms with Crippen molar-refractivity contribution in [2.24, 2.45) is 5.92 Å². The molecule has 0 aliphatic heterocycles. The number of hydrogen-bond donors (Lipinski definition) is 1. The zero-order valence-corrected chi connectivity index (χ0v) is 14.2. The molecule has 0 bridgehead atoms. The third kappa shape index (κ3) is 5.23. The fraction of sp³-hybridized carbons (Fsp3) is 0.625. The molecular formula is C16H24Cl2FN. The van der Waals surface area contributed by atoms with E-state index >= 15 is 0 Å². The maximum atomic E-state index is 13.5. The topological polar surface area (TPSA) is 12.0 Å². The Labute approximate surface area is 131 Å². The van der Waals surface area contributed by atoms with Gasteiger partial charge in [0.15, 0.2) is 0 Å². The summed E-state index contributed by atoms with van der Waals surface area (Å²) in [5, 5.41) is 4.07. The van der Waals surface area contributed by atoms with Gasteiger partial charge < -0.3 is 5.32 Å². The summed E-state index contributed by atoms with van der Waals surface area (Å²) in [5.41, 5.74) is 0.643. The molecule has 0 saturated heterocycles. The lowest BCUT2D eigenvalue weighted by Gasteiger charge is -2.22. The predicted octanol–water partition coefficient (Wildman–Crippen LogP) is 6.00. The predicted molar refractivity (Wildman–Crippen MR) is 86.1 cm³/mol. The van der Waals surface area contributed by atoms with E-state index in [4.69, 9.17) is 23.2 Å². The molecule has 1 rings (SSSR count). The Morgan fingerprint density at radius 2 is 1.75 bits per heavy atom. The van der Waals surface area contributed by atoms with Crippen molar-refractivity contribution >= 4 is 23.2 Å². The molecule has 20 heavy (non-hydrogen) atoms. The van der Waals surface area contributed by atoms with Gasteiger partial charge in [-0.25, -0.2) is 4.39 Å². The van der Waals surface area contributed by atoms with Crippen molar-refractivity contribution in [3.05, 3.63) is 33.6 Å². The molecule has 0 fully saturated rings. The second kappa shape index (κ2) is 8.21. The molecule has 0 spiro atoms. The number of hydrogen-bond acceptors (Lipinski definition) is 1. The van der Waals surface area contributed by atoms with Gasteiger partial charge in [0, 0.05) is 22.7 Å². The van der Waals surface area contributed by atoms with Crippen molar-refractivity contribution in [1.29, 1.82) is 0 Å². The number of benzene rings is 1. The highest BCUT2D eigenvalue weighted by molar-refractivity contribution is 6.36. The lowest BCUT2D eigenvalue weighted by atomic mass is 10.0. The van der Waals surface area contributed by atoms with Crippen LogP contribution in [-0.2, 0) is 0 Å². The molecule has 1 N–H and O–H groups in total. The molecule has 1 aromatic rings. The van der Waals surface area contributed by atoms with Crippen molar-refractivity contribution < 1.29 is 4.39 Å². The molecule has 2 unspecified atom stereocenters. The number of halogens is 3. The monoisotopic (exact) mass is 319 g/mol. The van der Waals surface area contributed by atoms with Gasteiger partial charge in [-0.2, -0.15) is 0 Å². The Balaban J connectivity index is 2.62. The minimum atomic E-state index is -0.424. The quantitative estimate of drug-likeness (QED) is 0.608. The van der Waals surface area contributed by atoms with Gasteiger partial charge >= 0.3 is 0 Å². The molecule has 1 nitrogen and oxygen atoms in total. The van der Waals surface area contributed by atoms with Crippen molar-refractivity contribution in [1.82, 2.24) is 5.32 Å². The molecule has 0 saturated carbocycles. The van der Waals surface area contributed by atoms with Crippen molar-refractivity contribution in [3.63, 3.8) is 0 Å². The average molecular weight is 320 g/mol. The third-order valence-corrected chi connectivity index (χ3v) is 4.18. The van der Waals surface area contributed by atoms with Crippen LogP contribution in [0.5, 0.6) is 0 Å². The normalized spacial score (nSPS) is 14.6. The maximum Gasteiger partial charge on any atom is 0.142 e. The standard InChI is InChI=1S/C16H24Cl2FN/c1-10(2)6-5-7-11(3)20-12(4)15-13(17)8-9-14(19)16(15)18/h8-12,20H,5-7H2,1-4H3. The van der Waals surface area contributed by atoms with Crippen LogP contribution in [0.15, 0.2) is 12.1 Å². The van der Waals surface area contributed by atoms with E-state index in [1.165, 1.54) is 18.9 Å². The van der Waals surface area contributed by atoms with E-state index in [0.29, 0.717) is 16.6 Å². The Morgan fingerprint density at radius 3 is 2.35 bits per heavy atom. The first-order valence-electron chi connectivity index (χ1n) is 7.22. The smallest absolute Gasteiger partial charge is 0.142 e. The van der Waals surface area contributed by atoms with Crippen LogP contribution in [0.4, 0.5) is 4.39 Å². The molecule has 0 aliphatic carbocycles. The molecule has 1 aromatic carbocycles. The van der Waals surface area contributed by atoms with Crippen LogP contribution in [0, 0.1) is 11.7 Å². The molecule has 4 heteroatoms. The number of nitrogens with one attached hydrogen (secondary N) is 1. The summed E-state index contributed by atoms with van der Waals surface area (Å²) in [7, 11) is 0. The molecular weight excluding hydrogens is 296 g/mol. The van der Waals surface area contributed by atoms with Gasteiger partial charge in [0.1, 0.15) is 5.82 Å². The van der Waals surface area contributed by atoms with Crippen molar-refractivity contribution in [3.8, 4) is 0 Å². The largest absolute Gasteiger partial charge is 0.308 e. The van der Waals surface area contributed by atoms with E-state index in [1.54, 1.807) is 6.07 Å². The molecule has 114 valence electrons. The Morgan fingerprint density at radius 1 is 1.10 bits per heavy atom. The fourth-order valence-corrected chi connectivity index (χ4v) is 3.06. The van der Waals surface area contributed by atoms with Crippen molar-refractivity contribution in [2.75, 3.05) is 0 Å². The summed E-state index contributed by atoms with van der Waals surface area (Å²) >= 11 is 12.2. The molecule has 0 radical (unpaired) electrons. The zero-order valence-electron chi connectivity index (χ0n) is 12.6. The fourth-order valence-electron chi connectivity index (χ4n) is 2.37. The van der Waals surface area contributed by atoms with Crippen LogP contribution in [0.1, 0.15) is 58.6 Å². The van der Waals surface area contributed by atoms with E-state index < -0.39 is 5.82 Å². The van der Waals surface area contributed by atoms with E-state index in [2.05, 4.69) is 26.1 Å². The highest BCUT2D eigenvalue weighted by Crippen LogP contribution is 2.32. The summed E-state index contributed by atoms with van der Waals surface area (Å²) in [5.74, 6) is 0.305. The summed E-state index contributed by atoms with van der Waals surface area (Å²) in [6, 6.07) is 3.13. The van der Waals surface area contributed by atoms with Crippen LogP contribution in [0.25, 0.3) is 0 Å². The Kier molecular flexibility index (Phi) is 7.28. The van der Waals surface area contributed by atoms with E-state index in [0.717, 1.165) is 12.3 Å². The second-order valence-corrected chi connectivity index (χ2v) is 6.66.